The van der Waals surface area contributed by atoms with E-state index in [1.54, 1.807) is 4.90 Å². The summed E-state index contributed by atoms with van der Waals surface area (Å²) in [6, 6.07) is 19.8. The van der Waals surface area contributed by atoms with Crippen molar-refractivity contribution in [3.05, 3.63) is 65.9 Å². The van der Waals surface area contributed by atoms with E-state index in [2.05, 4.69) is 58.3 Å². The molecule has 3 aromatic rings. The van der Waals surface area contributed by atoms with Crippen LogP contribution in [0.15, 0.2) is 54.6 Å². The van der Waals surface area contributed by atoms with Crippen LogP contribution in [0.2, 0.25) is 0 Å². The normalized spacial score (nSPS) is 22.2. The number of piperazine rings is 1. The van der Waals surface area contributed by atoms with Gasteiger partial charge in [0, 0.05) is 60.6 Å². The number of nitrogens with zero attached hydrogens (tertiary/aromatic N) is 4. The van der Waals surface area contributed by atoms with Gasteiger partial charge in [0.05, 0.1) is 12.1 Å². The summed E-state index contributed by atoms with van der Waals surface area (Å²) in [5.41, 5.74) is 5.73. The summed E-state index contributed by atoms with van der Waals surface area (Å²) in [7, 11) is 0. The average Bonchev–Trinajstić information content (AvgIpc) is 3.51. The molecular formula is C26H30Cl2N4O2. The minimum Gasteiger partial charge on any atom is -0.447 e. The highest BCUT2D eigenvalue weighted by atomic mass is 35.5. The zero-order valence-electron chi connectivity index (χ0n) is 19.2. The smallest absolute Gasteiger partial charge is 0.414 e. The van der Waals surface area contributed by atoms with Crippen LogP contribution in [0.1, 0.15) is 23.6 Å². The number of carbonyl (C=O) groups is 1. The molecule has 0 unspecified atom stereocenters. The van der Waals surface area contributed by atoms with Crippen LogP contribution in [0.4, 0.5) is 16.2 Å². The van der Waals surface area contributed by atoms with Gasteiger partial charge in [-0.15, -0.1) is 24.8 Å². The lowest BCUT2D eigenvalue weighted by Crippen LogP contribution is -2.47. The highest BCUT2D eigenvalue weighted by Gasteiger charge is 2.43. The first kappa shape index (κ1) is 24.6. The zero-order valence-corrected chi connectivity index (χ0v) is 20.9. The number of benzene rings is 2. The van der Waals surface area contributed by atoms with Crippen molar-refractivity contribution in [3.63, 3.8) is 0 Å². The van der Waals surface area contributed by atoms with Crippen molar-refractivity contribution in [3.8, 4) is 0 Å². The van der Waals surface area contributed by atoms with Crippen molar-refractivity contribution in [1.82, 2.24) is 9.88 Å². The molecule has 1 aromatic heterocycles. The minimum absolute atomic E-state index is 0. The Morgan fingerprint density at radius 1 is 0.941 bits per heavy atom. The number of pyridine rings is 1. The second-order valence-corrected chi connectivity index (χ2v) is 9.09. The molecule has 2 atom stereocenters. The van der Waals surface area contributed by atoms with Crippen molar-refractivity contribution in [1.29, 1.82) is 0 Å². The Morgan fingerprint density at radius 3 is 2.50 bits per heavy atom. The van der Waals surface area contributed by atoms with Crippen LogP contribution in [0.3, 0.4) is 0 Å². The lowest BCUT2D eigenvalue weighted by molar-refractivity contribution is 0.181. The largest absolute Gasteiger partial charge is 0.447 e. The maximum Gasteiger partial charge on any atom is 0.414 e. The maximum absolute atomic E-state index is 11.9. The molecule has 1 aliphatic carbocycles. The van der Waals surface area contributed by atoms with Gasteiger partial charge in [-0.3, -0.25) is 14.8 Å². The van der Waals surface area contributed by atoms with Crippen LogP contribution in [0.25, 0.3) is 10.9 Å². The fourth-order valence-corrected chi connectivity index (χ4v) is 5.31. The number of hydrogen-bond donors (Lipinski definition) is 0. The van der Waals surface area contributed by atoms with Gasteiger partial charge in [-0.25, -0.2) is 4.79 Å². The summed E-state index contributed by atoms with van der Waals surface area (Å²) in [5, 5.41) is 1.24. The van der Waals surface area contributed by atoms with Gasteiger partial charge in [0.2, 0.25) is 0 Å². The van der Waals surface area contributed by atoms with E-state index >= 15 is 0 Å². The van der Waals surface area contributed by atoms with Gasteiger partial charge in [0.1, 0.15) is 6.61 Å². The lowest BCUT2D eigenvalue weighted by atomic mass is 10.1. The summed E-state index contributed by atoms with van der Waals surface area (Å²) in [5.74, 6) is 0.560. The Morgan fingerprint density at radius 2 is 1.74 bits per heavy atom. The molecule has 1 saturated carbocycles. The lowest BCUT2D eigenvalue weighted by Gasteiger charge is -2.37. The van der Waals surface area contributed by atoms with Crippen LogP contribution < -0.4 is 9.80 Å². The van der Waals surface area contributed by atoms with Gasteiger partial charge >= 0.3 is 6.09 Å². The van der Waals surface area contributed by atoms with E-state index in [-0.39, 0.29) is 30.9 Å². The molecule has 34 heavy (non-hydrogen) atoms. The quantitative estimate of drug-likeness (QED) is 0.503. The third-order valence-corrected chi connectivity index (χ3v) is 7.10. The second kappa shape index (κ2) is 9.98. The summed E-state index contributed by atoms with van der Waals surface area (Å²) in [6.45, 7) is 7.40. The van der Waals surface area contributed by atoms with Gasteiger partial charge < -0.3 is 9.64 Å². The van der Waals surface area contributed by atoms with Crippen LogP contribution in [0, 0.1) is 6.92 Å². The number of hydrogen-bond acceptors (Lipinski definition) is 5. The number of fused-ring (bicyclic) bond motifs is 1. The molecule has 2 aliphatic heterocycles. The number of ether oxygens (including phenoxy) is 1. The van der Waals surface area contributed by atoms with Crippen LogP contribution in [-0.2, 0) is 4.74 Å². The predicted molar refractivity (Wildman–Crippen MR) is 141 cm³/mol. The predicted octanol–water partition coefficient (Wildman–Crippen LogP) is 5.02. The van der Waals surface area contributed by atoms with Crippen molar-refractivity contribution < 1.29 is 9.53 Å². The van der Waals surface area contributed by atoms with Crippen molar-refractivity contribution >= 4 is 53.2 Å². The highest BCUT2D eigenvalue weighted by Crippen LogP contribution is 2.46. The average molecular weight is 501 g/mol. The van der Waals surface area contributed by atoms with Gasteiger partial charge in [0.15, 0.2) is 0 Å². The molecular weight excluding hydrogens is 471 g/mol. The summed E-state index contributed by atoms with van der Waals surface area (Å²) >= 11 is 0. The molecule has 2 aromatic carbocycles. The fraction of sp³-hybridized carbons (Fsp3) is 0.385. The molecule has 0 spiro atoms. The first-order valence-electron chi connectivity index (χ1n) is 11.6. The molecule has 180 valence electrons. The second-order valence-electron chi connectivity index (χ2n) is 9.09. The van der Waals surface area contributed by atoms with Crippen LogP contribution in [-0.4, -0.2) is 61.3 Å². The van der Waals surface area contributed by atoms with E-state index in [0.717, 1.165) is 43.1 Å². The summed E-state index contributed by atoms with van der Waals surface area (Å²) in [4.78, 5) is 23.5. The van der Waals surface area contributed by atoms with Crippen LogP contribution >= 0.6 is 24.8 Å². The number of carbonyl (C=O) groups excluding carboxylic acids is 1. The molecule has 6 rings (SSSR count). The van der Waals surface area contributed by atoms with E-state index in [9.17, 15) is 4.79 Å². The Balaban J connectivity index is 0.00000137. The standard InChI is InChI=1S/C26H28N4O2.2ClH/c1-18-8-9-21-23(27-18)6-3-7-24(21)28-10-12-29(13-11-28)25-17-22(25)19-4-2-5-20(16-19)30-14-15-32-26(30)31;;/h2-9,16,22,25H,10-15,17H2,1H3;2*1H/t22-,25+;;/m0../s1. The fourth-order valence-electron chi connectivity index (χ4n) is 5.31. The monoisotopic (exact) mass is 500 g/mol. The molecule has 2 saturated heterocycles. The Kier molecular flexibility index (Phi) is 7.22. The molecule has 3 fully saturated rings. The molecule has 6 nitrogen and oxygen atoms in total. The molecule has 0 bridgehead atoms. The van der Waals surface area contributed by atoms with Crippen LogP contribution in [0.5, 0.6) is 0 Å². The van der Waals surface area contributed by atoms with Gasteiger partial charge in [-0.05, 0) is 55.3 Å². The number of halogens is 2. The first-order valence-corrected chi connectivity index (χ1v) is 11.6. The topological polar surface area (TPSA) is 48.9 Å². The molecule has 0 N–H and O–H groups in total. The van der Waals surface area contributed by atoms with Gasteiger partial charge in [-0.1, -0.05) is 18.2 Å². The van der Waals surface area contributed by atoms with Crippen molar-refractivity contribution in [2.45, 2.75) is 25.3 Å². The molecule has 1 amide bonds. The highest BCUT2D eigenvalue weighted by molar-refractivity contribution is 5.92. The van der Waals surface area contributed by atoms with Crippen molar-refractivity contribution in [2.24, 2.45) is 0 Å². The van der Waals surface area contributed by atoms with Crippen molar-refractivity contribution in [2.75, 3.05) is 49.1 Å². The van der Waals surface area contributed by atoms with Gasteiger partial charge in [-0.2, -0.15) is 0 Å². The van der Waals surface area contributed by atoms with Gasteiger partial charge in [0.25, 0.3) is 0 Å². The molecule has 3 aliphatic rings. The zero-order chi connectivity index (χ0) is 21.7. The Bertz CT molecular complexity index is 1180. The van der Waals surface area contributed by atoms with E-state index in [1.165, 1.54) is 23.1 Å². The molecule has 8 heteroatoms. The van der Waals surface area contributed by atoms with E-state index in [4.69, 9.17) is 9.72 Å². The van der Waals surface area contributed by atoms with E-state index < -0.39 is 0 Å². The van der Waals surface area contributed by atoms with E-state index in [1.807, 2.05) is 13.0 Å². The summed E-state index contributed by atoms with van der Waals surface area (Å²) < 4.78 is 5.10. The first-order chi connectivity index (χ1) is 15.7. The molecule has 3 heterocycles. The number of aryl methyl sites for hydroxylation is 1. The maximum atomic E-state index is 11.9. The minimum atomic E-state index is -0.232. The molecule has 0 radical (unpaired) electrons. The third kappa shape index (κ3) is 4.54. The number of rotatable bonds is 4. The SMILES string of the molecule is Cc1ccc2c(N3CCN([C@@H]4C[C@H]4c4cccc(N5CCOC5=O)c4)CC3)cccc2n1.Cl.Cl. The summed E-state index contributed by atoms with van der Waals surface area (Å²) in [6.07, 6.45) is 0.968. The number of cyclic esters (lactones) is 1. The number of anilines is 2. The third-order valence-electron chi connectivity index (χ3n) is 7.10. The van der Waals surface area contributed by atoms with E-state index in [0.29, 0.717) is 25.1 Å². The Hall–Kier alpha value is -2.54. The Labute approximate surface area is 212 Å². The number of amides is 1. The number of aromatic nitrogens is 1.